The highest BCUT2D eigenvalue weighted by molar-refractivity contribution is 4.96. The molecule has 0 aliphatic heterocycles. The zero-order valence-electron chi connectivity index (χ0n) is 9.40. The summed E-state index contributed by atoms with van der Waals surface area (Å²) >= 11 is 0. The molecule has 0 saturated heterocycles. The third-order valence-corrected chi connectivity index (χ3v) is 1.82. The van der Waals surface area contributed by atoms with Crippen LogP contribution in [0.2, 0.25) is 0 Å². The molecular formula is C11H15N3O2. The lowest BCUT2D eigenvalue weighted by Crippen LogP contribution is -2.35. The van der Waals surface area contributed by atoms with Gasteiger partial charge >= 0.3 is 0 Å². The van der Waals surface area contributed by atoms with Crippen molar-refractivity contribution in [2.24, 2.45) is 0 Å². The number of hydrogen-bond donors (Lipinski definition) is 0. The van der Waals surface area contributed by atoms with E-state index in [9.17, 15) is 0 Å². The first kappa shape index (κ1) is 14.4. The smallest absolute Gasteiger partial charge is 0.260 e. The highest BCUT2D eigenvalue weighted by Crippen LogP contribution is 2.20. The van der Waals surface area contributed by atoms with Crippen LogP contribution in [0.1, 0.15) is 32.6 Å². The molecule has 16 heavy (non-hydrogen) atoms. The second-order valence-corrected chi connectivity index (χ2v) is 3.13. The maximum atomic E-state index is 9.04. The zero-order valence-corrected chi connectivity index (χ0v) is 9.40. The predicted octanol–water partition coefficient (Wildman–Crippen LogP) is 1.87. The lowest BCUT2D eigenvalue weighted by molar-refractivity contribution is -0.200. The minimum Gasteiger partial charge on any atom is -0.338 e. The monoisotopic (exact) mass is 221 g/mol. The van der Waals surface area contributed by atoms with Gasteiger partial charge in [0, 0.05) is 12.8 Å². The van der Waals surface area contributed by atoms with Crippen molar-refractivity contribution in [2.45, 2.75) is 38.4 Å². The maximum absolute atomic E-state index is 9.04. The molecule has 5 nitrogen and oxygen atoms in total. The molecule has 0 aromatic rings. The average molecular weight is 221 g/mol. The first-order valence-corrected chi connectivity index (χ1v) is 5.17. The van der Waals surface area contributed by atoms with Crippen molar-refractivity contribution in [1.29, 1.82) is 15.8 Å². The number of nitriles is 3. The van der Waals surface area contributed by atoms with E-state index < -0.39 is 5.79 Å². The fraction of sp³-hybridized carbons (Fsp3) is 0.727. The average Bonchev–Trinajstić information content (AvgIpc) is 2.32. The highest BCUT2D eigenvalue weighted by atomic mass is 16.7. The fourth-order valence-corrected chi connectivity index (χ4v) is 1.06. The van der Waals surface area contributed by atoms with Crippen LogP contribution in [0.15, 0.2) is 0 Å². The number of ether oxygens (including phenoxy) is 2. The summed E-state index contributed by atoms with van der Waals surface area (Å²) in [6, 6.07) is 5.81. The second kappa shape index (κ2) is 8.68. The van der Waals surface area contributed by atoms with Crippen LogP contribution < -0.4 is 0 Å². The van der Waals surface area contributed by atoms with Crippen molar-refractivity contribution >= 4 is 0 Å². The van der Waals surface area contributed by atoms with E-state index in [0.717, 1.165) is 6.42 Å². The largest absolute Gasteiger partial charge is 0.338 e. The number of nitrogens with zero attached hydrogens (tertiary/aromatic N) is 3. The van der Waals surface area contributed by atoms with Gasteiger partial charge in [-0.1, -0.05) is 6.92 Å². The fourth-order valence-electron chi connectivity index (χ4n) is 1.06. The van der Waals surface area contributed by atoms with E-state index in [1.54, 1.807) is 0 Å². The third kappa shape index (κ3) is 5.32. The Hall–Kier alpha value is -1.61. The van der Waals surface area contributed by atoms with Crippen LogP contribution in [0, 0.1) is 34.0 Å². The summed E-state index contributed by atoms with van der Waals surface area (Å²) in [6.45, 7) is 2.45. The van der Waals surface area contributed by atoms with Crippen molar-refractivity contribution < 1.29 is 9.47 Å². The first-order valence-electron chi connectivity index (χ1n) is 5.17. The summed E-state index contributed by atoms with van der Waals surface area (Å²) in [7, 11) is 0. The predicted molar refractivity (Wildman–Crippen MR) is 55.6 cm³/mol. The maximum Gasteiger partial charge on any atom is 0.260 e. The molecular weight excluding hydrogens is 206 g/mol. The minimum absolute atomic E-state index is 0.138. The van der Waals surface area contributed by atoms with Crippen LogP contribution in [0.5, 0.6) is 0 Å². The van der Waals surface area contributed by atoms with Gasteiger partial charge in [-0.05, 0) is 6.42 Å². The van der Waals surface area contributed by atoms with Gasteiger partial charge in [0.1, 0.15) is 6.07 Å². The van der Waals surface area contributed by atoms with E-state index in [4.69, 9.17) is 25.3 Å². The summed E-state index contributed by atoms with van der Waals surface area (Å²) < 4.78 is 10.6. The van der Waals surface area contributed by atoms with Gasteiger partial charge in [-0.15, -0.1) is 0 Å². The molecule has 0 aromatic heterocycles. The second-order valence-electron chi connectivity index (χ2n) is 3.13. The van der Waals surface area contributed by atoms with Crippen LogP contribution in [-0.2, 0) is 9.47 Å². The Morgan fingerprint density at radius 3 is 2.12 bits per heavy atom. The topological polar surface area (TPSA) is 89.8 Å². The Kier molecular flexibility index (Phi) is 7.81. The normalized spacial score (nSPS) is 13.1. The van der Waals surface area contributed by atoms with Crippen LogP contribution in [0.4, 0.5) is 0 Å². The summed E-state index contributed by atoms with van der Waals surface area (Å²) in [5.41, 5.74) is 0. The molecule has 86 valence electrons. The minimum atomic E-state index is -1.37. The van der Waals surface area contributed by atoms with Gasteiger partial charge in [0.25, 0.3) is 5.79 Å². The molecule has 0 N–H and O–H groups in total. The van der Waals surface area contributed by atoms with Gasteiger partial charge in [0.05, 0.1) is 31.8 Å². The number of hydrogen-bond acceptors (Lipinski definition) is 5. The van der Waals surface area contributed by atoms with E-state index in [1.807, 2.05) is 25.1 Å². The molecule has 0 aliphatic carbocycles. The highest BCUT2D eigenvalue weighted by Gasteiger charge is 2.31. The first-order chi connectivity index (χ1) is 7.74. The lowest BCUT2D eigenvalue weighted by Gasteiger charge is -2.25. The Balaban J connectivity index is 4.37. The van der Waals surface area contributed by atoms with Gasteiger partial charge in [0.15, 0.2) is 0 Å². The van der Waals surface area contributed by atoms with E-state index >= 15 is 0 Å². The van der Waals surface area contributed by atoms with E-state index in [-0.39, 0.29) is 25.9 Å². The molecule has 0 saturated carbocycles. The van der Waals surface area contributed by atoms with Crippen molar-refractivity contribution in [3.05, 3.63) is 0 Å². The summed E-state index contributed by atoms with van der Waals surface area (Å²) in [4.78, 5) is 0. The standard InChI is InChI=1S/C11H15N3O2/c1-2-8-15-11(10-14,5-3-6-12)16-9-4-7-13/h2-5,8-9H2,1H3. The zero-order chi connectivity index (χ0) is 12.3. The van der Waals surface area contributed by atoms with Gasteiger partial charge < -0.3 is 9.47 Å². The SMILES string of the molecule is CCCOC(C#N)(CCC#N)OCCC#N. The van der Waals surface area contributed by atoms with Crippen molar-refractivity contribution in [1.82, 2.24) is 0 Å². The Bertz CT molecular complexity index is 311. The van der Waals surface area contributed by atoms with E-state index in [0.29, 0.717) is 6.61 Å². The van der Waals surface area contributed by atoms with Gasteiger partial charge in [-0.2, -0.15) is 15.8 Å². The number of rotatable bonds is 8. The van der Waals surface area contributed by atoms with E-state index in [1.165, 1.54) is 0 Å². The van der Waals surface area contributed by atoms with Crippen LogP contribution >= 0.6 is 0 Å². The van der Waals surface area contributed by atoms with Crippen LogP contribution in [0.3, 0.4) is 0 Å². The van der Waals surface area contributed by atoms with Crippen LogP contribution in [0.25, 0.3) is 0 Å². The quantitative estimate of drug-likeness (QED) is 0.461. The summed E-state index contributed by atoms with van der Waals surface area (Å²) in [5.74, 6) is -1.37. The lowest BCUT2D eigenvalue weighted by atomic mass is 10.1. The molecule has 0 aliphatic rings. The molecule has 0 spiro atoms. The van der Waals surface area contributed by atoms with E-state index in [2.05, 4.69) is 0 Å². The third-order valence-electron chi connectivity index (χ3n) is 1.82. The molecule has 0 bridgehead atoms. The molecule has 5 heteroatoms. The molecule has 0 fully saturated rings. The summed E-state index contributed by atoms with van der Waals surface area (Å²) in [5, 5.41) is 25.9. The van der Waals surface area contributed by atoms with Gasteiger partial charge in [-0.25, -0.2) is 0 Å². The Morgan fingerprint density at radius 1 is 1.00 bits per heavy atom. The molecule has 0 heterocycles. The van der Waals surface area contributed by atoms with Gasteiger partial charge in [0.2, 0.25) is 0 Å². The molecule has 1 atom stereocenters. The molecule has 0 rings (SSSR count). The van der Waals surface area contributed by atoms with Crippen molar-refractivity contribution in [2.75, 3.05) is 13.2 Å². The Morgan fingerprint density at radius 2 is 1.62 bits per heavy atom. The molecule has 0 amide bonds. The van der Waals surface area contributed by atoms with Crippen molar-refractivity contribution in [3.63, 3.8) is 0 Å². The Labute approximate surface area is 95.8 Å². The van der Waals surface area contributed by atoms with Crippen molar-refractivity contribution in [3.8, 4) is 18.2 Å². The molecule has 1 unspecified atom stereocenters. The molecule has 0 aromatic carbocycles. The summed E-state index contributed by atoms with van der Waals surface area (Å²) in [6.07, 6.45) is 1.35. The van der Waals surface area contributed by atoms with Gasteiger partial charge in [-0.3, -0.25) is 0 Å². The molecule has 0 radical (unpaired) electrons. The van der Waals surface area contributed by atoms with Crippen LogP contribution in [-0.4, -0.2) is 19.0 Å².